The molecule has 0 radical (unpaired) electrons. The molecule has 93 heavy (non-hydrogen) atoms. The van der Waals surface area contributed by atoms with Crippen molar-refractivity contribution >= 4 is 19.8 Å². The van der Waals surface area contributed by atoms with Gasteiger partial charge in [-0.2, -0.15) is 0 Å². The van der Waals surface area contributed by atoms with Gasteiger partial charge in [-0.3, -0.25) is 18.6 Å². The van der Waals surface area contributed by atoms with E-state index in [0.717, 1.165) is 173 Å². The Morgan fingerprint density at radius 2 is 0.559 bits per heavy atom. The molecule has 2 unspecified atom stereocenters. The monoisotopic (exact) mass is 1300 g/mol. The van der Waals surface area contributed by atoms with Gasteiger partial charge in [-0.15, -0.1) is 0 Å². The molecule has 0 aromatic carbocycles. The molecule has 0 spiro atoms. The lowest BCUT2D eigenvalue weighted by Gasteiger charge is -2.19. The lowest BCUT2D eigenvalue weighted by atomic mass is 10.0. The zero-order valence-electron chi connectivity index (χ0n) is 58.4. The van der Waals surface area contributed by atoms with Crippen LogP contribution in [0.3, 0.4) is 0 Å². The second-order valence-corrected chi connectivity index (χ2v) is 24.4. The number of unbranched alkanes of at least 4 members (excludes halogenated alkanes) is 16. The normalized spacial score (nSPS) is 14.2. The Labute approximate surface area is 569 Å². The van der Waals surface area contributed by atoms with Crippen molar-refractivity contribution in [2.45, 2.75) is 264 Å². The quantitative estimate of drug-likeness (QED) is 0.0264. The summed E-state index contributed by atoms with van der Waals surface area (Å²) >= 11 is 0. The maximum absolute atomic E-state index is 12.8. The SMILES string of the molecule is CC/C=C\C/C=C\C/C=C\C/C=C\C/C=C\C/C=C\C/C=C\C/C=C\C/C=C\CCCCCCCCCCCCCC(=O)OC(COC(=O)CCCCCCC/C=C\C/C=C\C/C=C\C/C=C\C/C=C\C/C=C\C/C=C\C/C=C\C/C=C\CC)COP(=O)(O)OCCN. The molecule has 0 amide bonds. The van der Waals surface area contributed by atoms with E-state index in [4.69, 9.17) is 24.3 Å². The number of ether oxygens (including phenoxy) is 2. The van der Waals surface area contributed by atoms with Gasteiger partial charge in [0.05, 0.1) is 13.2 Å². The minimum Gasteiger partial charge on any atom is -0.462 e. The van der Waals surface area contributed by atoms with Crippen LogP contribution in [0.5, 0.6) is 0 Å². The molecule has 9 nitrogen and oxygen atoms in total. The van der Waals surface area contributed by atoms with Crippen LogP contribution >= 0.6 is 7.82 Å². The van der Waals surface area contributed by atoms with Gasteiger partial charge in [0.15, 0.2) is 6.10 Å². The first kappa shape index (κ1) is 87.3. The van der Waals surface area contributed by atoms with Gasteiger partial charge in [-0.25, -0.2) is 4.57 Å². The number of carbonyl (C=O) groups excluding carboxylic acids is 2. The fraction of sp³-hybridized carbons (Fsp3) is 0.542. The van der Waals surface area contributed by atoms with E-state index in [9.17, 15) is 19.0 Å². The molecule has 0 heterocycles. The summed E-state index contributed by atoms with van der Waals surface area (Å²) in [7, 11) is -4.42. The number of hydrogen-bond acceptors (Lipinski definition) is 8. The highest BCUT2D eigenvalue weighted by Gasteiger charge is 2.26. The molecule has 0 aromatic rings. The number of rotatable bonds is 65. The Bertz CT molecular complexity index is 2330. The zero-order chi connectivity index (χ0) is 67.2. The van der Waals surface area contributed by atoms with E-state index in [0.29, 0.717) is 12.8 Å². The van der Waals surface area contributed by atoms with E-state index in [2.05, 4.69) is 233 Å². The number of esters is 2. The summed E-state index contributed by atoms with van der Waals surface area (Å²) in [4.78, 5) is 35.4. The lowest BCUT2D eigenvalue weighted by Crippen LogP contribution is -2.29. The average Bonchev–Trinajstić information content (AvgIpc) is 3.60. The number of hydrogen-bond donors (Lipinski definition) is 2. The van der Waals surface area contributed by atoms with E-state index in [1.54, 1.807) is 0 Å². The highest BCUT2D eigenvalue weighted by atomic mass is 31.2. The van der Waals surface area contributed by atoms with E-state index in [1.807, 2.05) is 0 Å². The van der Waals surface area contributed by atoms with Crippen molar-refractivity contribution in [2.24, 2.45) is 5.73 Å². The minimum absolute atomic E-state index is 0.0387. The third kappa shape index (κ3) is 75.2. The molecule has 3 N–H and O–H groups in total. The van der Waals surface area contributed by atoms with Crippen molar-refractivity contribution in [2.75, 3.05) is 26.4 Å². The van der Waals surface area contributed by atoms with Gasteiger partial charge in [0.25, 0.3) is 0 Å². The Morgan fingerprint density at radius 3 is 0.828 bits per heavy atom. The van der Waals surface area contributed by atoms with Crippen molar-refractivity contribution < 1.29 is 37.6 Å². The second-order valence-electron chi connectivity index (χ2n) is 23.0. The average molecular weight is 1300 g/mol. The Balaban J connectivity index is 4.02. The molecular formula is C83H130NO8P. The number of carbonyl (C=O) groups is 2. The number of allylic oxidation sites excluding steroid dienone is 36. The van der Waals surface area contributed by atoms with Crippen LogP contribution in [0.25, 0.3) is 0 Å². The van der Waals surface area contributed by atoms with Crippen molar-refractivity contribution in [3.05, 3.63) is 219 Å². The van der Waals surface area contributed by atoms with Crippen LogP contribution in [0, 0.1) is 0 Å². The van der Waals surface area contributed by atoms with Crippen LogP contribution < -0.4 is 5.73 Å². The van der Waals surface area contributed by atoms with Crippen LogP contribution in [-0.2, 0) is 32.7 Å². The maximum atomic E-state index is 12.8. The molecule has 0 bridgehead atoms. The summed E-state index contributed by atoms with van der Waals surface area (Å²) in [6.07, 6.45) is 117. The Hall–Kier alpha value is -5.67. The smallest absolute Gasteiger partial charge is 0.462 e. The first-order valence-electron chi connectivity index (χ1n) is 36.2. The van der Waals surface area contributed by atoms with Crippen molar-refractivity contribution in [1.29, 1.82) is 0 Å². The lowest BCUT2D eigenvalue weighted by molar-refractivity contribution is -0.161. The number of phosphoric acid groups is 1. The van der Waals surface area contributed by atoms with Crippen molar-refractivity contribution in [3.63, 3.8) is 0 Å². The van der Waals surface area contributed by atoms with Gasteiger partial charge in [0.2, 0.25) is 0 Å². The van der Waals surface area contributed by atoms with E-state index >= 15 is 0 Å². The molecule has 0 aromatic heterocycles. The number of phosphoric ester groups is 1. The van der Waals surface area contributed by atoms with Gasteiger partial charge >= 0.3 is 19.8 Å². The minimum atomic E-state index is -4.42. The van der Waals surface area contributed by atoms with E-state index in [-0.39, 0.29) is 32.6 Å². The molecule has 2 atom stereocenters. The summed E-state index contributed by atoms with van der Waals surface area (Å²) in [6, 6.07) is 0. The van der Waals surface area contributed by atoms with Crippen molar-refractivity contribution in [1.82, 2.24) is 0 Å². The fourth-order valence-electron chi connectivity index (χ4n) is 9.09. The number of nitrogens with two attached hydrogens (primary N) is 1. The molecular weight excluding hydrogens is 1170 g/mol. The van der Waals surface area contributed by atoms with Gasteiger partial charge in [-0.05, 0) is 154 Å². The topological polar surface area (TPSA) is 134 Å². The summed E-state index contributed by atoms with van der Waals surface area (Å²) in [5.74, 6) is -0.868. The van der Waals surface area contributed by atoms with Crippen LogP contribution in [0.1, 0.15) is 258 Å². The van der Waals surface area contributed by atoms with Gasteiger partial charge in [-0.1, -0.05) is 310 Å². The Morgan fingerprint density at radius 1 is 0.323 bits per heavy atom. The third-order valence-corrected chi connectivity index (χ3v) is 15.3. The molecule has 0 saturated heterocycles. The van der Waals surface area contributed by atoms with E-state index in [1.165, 1.54) is 44.9 Å². The summed E-state index contributed by atoms with van der Waals surface area (Å²) in [5.41, 5.74) is 5.40. The molecule has 520 valence electrons. The molecule has 0 saturated carbocycles. The largest absolute Gasteiger partial charge is 0.472 e. The molecule has 0 rings (SSSR count). The summed E-state index contributed by atoms with van der Waals surface area (Å²) in [5, 5.41) is 0. The predicted octanol–water partition coefficient (Wildman–Crippen LogP) is 24.4. The molecule has 0 aliphatic carbocycles. The van der Waals surface area contributed by atoms with Gasteiger partial charge in [0, 0.05) is 19.4 Å². The van der Waals surface area contributed by atoms with Crippen LogP contribution in [0.15, 0.2) is 219 Å². The van der Waals surface area contributed by atoms with Crippen molar-refractivity contribution in [3.8, 4) is 0 Å². The summed E-state index contributed by atoms with van der Waals surface area (Å²) in [6.45, 7) is 3.47. The Kier molecular flexibility index (Phi) is 70.8. The van der Waals surface area contributed by atoms with Crippen LogP contribution in [0.2, 0.25) is 0 Å². The molecule has 0 aliphatic rings. The highest BCUT2D eigenvalue weighted by molar-refractivity contribution is 7.47. The summed E-state index contributed by atoms with van der Waals surface area (Å²) < 4.78 is 33.2. The molecule has 0 aliphatic heterocycles. The standard InChI is InChI=1S/C83H130NO8P/c1-3-5-7-9-11-13-15-17-19-21-23-25-27-29-31-33-35-37-38-39-40-41-42-44-46-48-50-52-54-56-58-60-62-64-66-68-70-72-74-76-83(86)92-81(80-91-93(87,88)90-78-77-84)79-89-82(85)75-73-71-69-67-65-63-61-59-57-55-53-51-49-47-45-43-36-34-32-30-28-26-24-22-20-18-16-14-12-10-8-6-4-2/h5-8,11-14,17-20,23-26,29-32,35-37,39-40,42-44,47-50,53,55,59,61,81H,3-4,9-10,15-16,21-22,27-28,33-34,38,41,45-46,51-52,54,56-58,60,62-80,84H2,1-2H3,(H,87,88)/b7-5-,8-6-,13-11-,14-12-,19-17-,20-18-,25-23-,26-24-,31-29-,32-30-,37-35-,40-39-,43-36-,44-42-,49-47-,50-48-,55-53-,61-59-. The van der Waals surface area contributed by atoms with Gasteiger partial charge < -0.3 is 20.1 Å². The second kappa shape index (κ2) is 75.4. The first-order valence-corrected chi connectivity index (χ1v) is 37.7. The first-order chi connectivity index (χ1) is 45.8. The molecule has 0 fully saturated rings. The zero-order valence-corrected chi connectivity index (χ0v) is 59.3. The molecule has 10 heteroatoms. The highest BCUT2D eigenvalue weighted by Crippen LogP contribution is 2.43. The van der Waals surface area contributed by atoms with E-state index < -0.39 is 32.5 Å². The predicted molar refractivity (Wildman–Crippen MR) is 403 cm³/mol. The third-order valence-electron chi connectivity index (χ3n) is 14.4. The van der Waals surface area contributed by atoms with Crippen LogP contribution in [-0.4, -0.2) is 49.3 Å². The van der Waals surface area contributed by atoms with Crippen LogP contribution in [0.4, 0.5) is 0 Å². The fourth-order valence-corrected chi connectivity index (χ4v) is 9.86. The van der Waals surface area contributed by atoms with Gasteiger partial charge in [0.1, 0.15) is 6.61 Å². The maximum Gasteiger partial charge on any atom is 0.472 e.